The molecule has 1 aliphatic carbocycles. The molecule has 0 spiro atoms. The normalized spacial score (nSPS) is 27.5. The Balaban J connectivity index is 1.53. The number of likely N-dealkylation sites (tertiary alicyclic amines) is 1. The van der Waals surface area contributed by atoms with Crippen molar-refractivity contribution in [2.24, 2.45) is 5.92 Å². The smallest absolute Gasteiger partial charge is 0.314 e. The number of urea groups is 1. The van der Waals surface area contributed by atoms with Gasteiger partial charge in [-0.1, -0.05) is 35.5 Å². The second-order valence-corrected chi connectivity index (χ2v) is 7.80. The summed E-state index contributed by atoms with van der Waals surface area (Å²) in [5, 5.41) is 9.98. The van der Waals surface area contributed by atoms with Crippen molar-refractivity contribution in [1.82, 2.24) is 25.7 Å². The fraction of sp³-hybridized carbons (Fsp3) is 0.550. The maximum atomic E-state index is 12.0. The van der Waals surface area contributed by atoms with Crippen LogP contribution in [0, 0.1) is 12.8 Å². The molecule has 7 heteroatoms. The average molecular weight is 369 g/mol. The van der Waals surface area contributed by atoms with Crippen molar-refractivity contribution < 1.29 is 9.32 Å². The fourth-order valence-corrected chi connectivity index (χ4v) is 4.77. The number of nitrogens with one attached hydrogen (secondary N) is 2. The third-order valence-corrected chi connectivity index (χ3v) is 5.82. The van der Waals surface area contributed by atoms with Crippen molar-refractivity contribution in [3.05, 3.63) is 47.6 Å². The highest BCUT2D eigenvalue weighted by Gasteiger charge is 2.57. The molecule has 2 N–H and O–H groups in total. The zero-order valence-electron chi connectivity index (χ0n) is 15.9. The van der Waals surface area contributed by atoms with Gasteiger partial charge in [0.05, 0.1) is 5.41 Å². The van der Waals surface area contributed by atoms with Crippen LogP contribution in [0.1, 0.15) is 37.0 Å². The summed E-state index contributed by atoms with van der Waals surface area (Å²) in [4.78, 5) is 19.0. The summed E-state index contributed by atoms with van der Waals surface area (Å²) in [6, 6.07) is 10.6. The van der Waals surface area contributed by atoms with E-state index in [0.717, 1.165) is 38.4 Å². The van der Waals surface area contributed by atoms with Crippen molar-refractivity contribution in [2.45, 2.75) is 44.7 Å². The molecule has 27 heavy (non-hydrogen) atoms. The van der Waals surface area contributed by atoms with Gasteiger partial charge in [0, 0.05) is 32.2 Å². The van der Waals surface area contributed by atoms with Crippen LogP contribution in [0.25, 0.3) is 0 Å². The molecule has 1 saturated carbocycles. The van der Waals surface area contributed by atoms with Gasteiger partial charge >= 0.3 is 6.03 Å². The molecule has 2 heterocycles. The number of carbonyl (C=O) groups is 1. The van der Waals surface area contributed by atoms with Crippen LogP contribution in [0.2, 0.25) is 0 Å². The minimum Gasteiger partial charge on any atom is -0.339 e. The fourth-order valence-electron chi connectivity index (χ4n) is 4.77. The maximum absolute atomic E-state index is 12.0. The molecule has 1 aliphatic heterocycles. The van der Waals surface area contributed by atoms with Crippen molar-refractivity contribution in [1.29, 1.82) is 0 Å². The first-order valence-corrected chi connectivity index (χ1v) is 9.70. The van der Waals surface area contributed by atoms with Gasteiger partial charge in [-0.2, -0.15) is 4.98 Å². The Bertz CT molecular complexity index is 793. The van der Waals surface area contributed by atoms with Crippen molar-refractivity contribution in [3.63, 3.8) is 0 Å². The number of hydrogen-bond donors (Lipinski definition) is 2. The number of nitrogens with zero attached hydrogens (tertiary/aromatic N) is 3. The van der Waals surface area contributed by atoms with E-state index in [-0.39, 0.29) is 17.5 Å². The molecule has 0 radical (unpaired) electrons. The van der Waals surface area contributed by atoms with E-state index in [1.165, 1.54) is 5.56 Å². The second kappa shape index (κ2) is 7.31. The van der Waals surface area contributed by atoms with E-state index in [1.807, 2.05) is 19.9 Å². The largest absolute Gasteiger partial charge is 0.339 e. The molecule has 2 amide bonds. The van der Waals surface area contributed by atoms with Gasteiger partial charge in [-0.05, 0) is 38.2 Å². The molecule has 2 aliphatic rings. The lowest BCUT2D eigenvalue weighted by atomic mass is 9.80. The topological polar surface area (TPSA) is 83.3 Å². The maximum Gasteiger partial charge on any atom is 0.314 e. The highest BCUT2D eigenvalue weighted by molar-refractivity contribution is 5.74. The number of rotatable bonds is 5. The molecule has 1 aromatic heterocycles. The number of carbonyl (C=O) groups excluding carboxylic acids is 1. The minimum absolute atomic E-state index is 0.0968. The molecule has 4 rings (SSSR count). The van der Waals surface area contributed by atoms with E-state index in [9.17, 15) is 4.79 Å². The predicted molar refractivity (Wildman–Crippen MR) is 101 cm³/mol. The molecule has 3 atom stereocenters. The molecule has 7 nitrogen and oxygen atoms in total. The average Bonchev–Trinajstić information content (AvgIpc) is 3.29. The molecule has 0 bridgehead atoms. The third-order valence-electron chi connectivity index (χ3n) is 5.82. The molecule has 144 valence electrons. The molecule has 1 saturated heterocycles. The lowest BCUT2D eigenvalue weighted by Gasteiger charge is -2.25. The van der Waals surface area contributed by atoms with E-state index in [4.69, 9.17) is 4.52 Å². The standard InChI is InChI=1S/C20H27N5O2/c1-3-21-19(26)23-17-9-16-12-25(11-15-7-5-4-6-8-15)13-20(16,10-17)18-22-14(2)24-27-18/h4-8,16-17H,3,9-13H2,1-2H3,(H2,21,23,26)/t16-,17+,20-/m0/s1. The van der Waals surface area contributed by atoms with Gasteiger partial charge in [-0.25, -0.2) is 4.79 Å². The molecular weight excluding hydrogens is 342 g/mol. The molecule has 2 aromatic rings. The van der Waals surface area contributed by atoms with Gasteiger partial charge in [0.1, 0.15) is 0 Å². The van der Waals surface area contributed by atoms with Gasteiger partial charge in [0.2, 0.25) is 5.89 Å². The Morgan fingerprint density at radius 1 is 1.37 bits per heavy atom. The number of hydrogen-bond acceptors (Lipinski definition) is 5. The first-order chi connectivity index (χ1) is 13.1. The van der Waals surface area contributed by atoms with Crippen LogP contribution >= 0.6 is 0 Å². The second-order valence-electron chi connectivity index (χ2n) is 7.80. The van der Waals surface area contributed by atoms with Gasteiger partial charge in [0.15, 0.2) is 5.82 Å². The summed E-state index contributed by atoms with van der Waals surface area (Å²) in [6.07, 6.45) is 1.77. The Hall–Kier alpha value is -2.41. The summed E-state index contributed by atoms with van der Waals surface area (Å²) < 4.78 is 5.64. The van der Waals surface area contributed by atoms with E-state index < -0.39 is 0 Å². The number of aromatic nitrogens is 2. The molecule has 2 fully saturated rings. The van der Waals surface area contributed by atoms with Crippen molar-refractivity contribution in [3.8, 4) is 0 Å². The van der Waals surface area contributed by atoms with Crippen molar-refractivity contribution >= 4 is 6.03 Å². The molecule has 1 aromatic carbocycles. The van der Waals surface area contributed by atoms with Gasteiger partial charge in [-0.15, -0.1) is 0 Å². The molecule has 0 unspecified atom stereocenters. The Morgan fingerprint density at radius 3 is 2.89 bits per heavy atom. The van der Waals surface area contributed by atoms with Crippen LogP contribution in [0.15, 0.2) is 34.9 Å². The minimum atomic E-state index is -0.180. The van der Waals surface area contributed by atoms with Gasteiger partial charge in [-0.3, -0.25) is 4.90 Å². The van der Waals surface area contributed by atoms with Crippen LogP contribution in [-0.2, 0) is 12.0 Å². The van der Waals surface area contributed by atoms with Gasteiger partial charge in [0.25, 0.3) is 0 Å². The number of amides is 2. The third kappa shape index (κ3) is 3.56. The number of fused-ring (bicyclic) bond motifs is 1. The van der Waals surface area contributed by atoms with Crippen LogP contribution in [0.3, 0.4) is 0 Å². The zero-order valence-corrected chi connectivity index (χ0v) is 15.9. The van der Waals surface area contributed by atoms with Crippen LogP contribution in [-0.4, -0.2) is 46.7 Å². The zero-order chi connectivity index (χ0) is 18.9. The lowest BCUT2D eigenvalue weighted by Crippen LogP contribution is -2.42. The highest BCUT2D eigenvalue weighted by atomic mass is 16.5. The Kier molecular flexibility index (Phi) is 4.86. The summed E-state index contributed by atoms with van der Waals surface area (Å²) in [7, 11) is 0. The lowest BCUT2D eigenvalue weighted by molar-refractivity contribution is 0.228. The number of benzene rings is 1. The van der Waals surface area contributed by atoms with Crippen LogP contribution in [0.5, 0.6) is 0 Å². The van der Waals surface area contributed by atoms with Crippen molar-refractivity contribution in [2.75, 3.05) is 19.6 Å². The Morgan fingerprint density at radius 2 is 2.19 bits per heavy atom. The van der Waals surface area contributed by atoms with Crippen LogP contribution in [0.4, 0.5) is 4.79 Å². The van der Waals surface area contributed by atoms with E-state index >= 15 is 0 Å². The highest BCUT2D eigenvalue weighted by Crippen LogP contribution is 2.50. The summed E-state index contributed by atoms with van der Waals surface area (Å²) in [5.41, 5.74) is 1.13. The van der Waals surface area contributed by atoms with Gasteiger partial charge < -0.3 is 15.2 Å². The SMILES string of the molecule is CCNC(=O)N[C@@H]1C[C@H]2CN(Cc3ccccc3)C[C@@]2(c2nc(C)no2)C1. The van der Waals surface area contributed by atoms with E-state index in [0.29, 0.717) is 18.3 Å². The Labute approximate surface area is 159 Å². The predicted octanol–water partition coefficient (Wildman–Crippen LogP) is 2.23. The molecular formula is C20H27N5O2. The van der Waals surface area contributed by atoms with E-state index in [2.05, 4.69) is 49.9 Å². The summed E-state index contributed by atoms with van der Waals surface area (Å²) in [6.45, 7) is 7.18. The first kappa shape index (κ1) is 18.0. The van der Waals surface area contributed by atoms with Crippen LogP contribution < -0.4 is 10.6 Å². The number of aryl methyl sites for hydroxylation is 1. The summed E-state index contributed by atoms with van der Waals surface area (Å²) >= 11 is 0. The summed E-state index contributed by atoms with van der Waals surface area (Å²) in [5.74, 6) is 1.79. The monoisotopic (exact) mass is 369 g/mol. The first-order valence-electron chi connectivity index (χ1n) is 9.70. The van der Waals surface area contributed by atoms with E-state index in [1.54, 1.807) is 0 Å². The quantitative estimate of drug-likeness (QED) is 0.844.